The van der Waals surface area contributed by atoms with Crippen molar-refractivity contribution in [2.24, 2.45) is 0 Å². The smallest absolute Gasteiger partial charge is 0.171 e. The standard InChI is InChI=1S/C42H29N2OP/c45-46(32-18-8-3-9-19-32,33-24-26-37-35-20-10-12-22-39(35)43(41(37)28-33)30-14-4-1-5-15-30)34-25-27-38-36-21-11-13-23-40(36)44(42(38)29-34)31-16-6-2-7-17-31/h1-29H. The fourth-order valence-electron chi connectivity index (χ4n) is 7.11. The van der Waals surface area contributed by atoms with Gasteiger partial charge in [-0.1, -0.05) is 127 Å². The highest BCUT2D eigenvalue weighted by molar-refractivity contribution is 7.85. The second-order valence-corrected chi connectivity index (χ2v) is 14.5. The lowest BCUT2D eigenvalue weighted by Crippen LogP contribution is -2.25. The van der Waals surface area contributed by atoms with Crippen molar-refractivity contribution < 1.29 is 4.57 Å². The summed E-state index contributed by atoms with van der Waals surface area (Å²) in [6.07, 6.45) is 0. The molecular formula is C42H29N2OP. The van der Waals surface area contributed by atoms with Crippen LogP contribution in [0.4, 0.5) is 0 Å². The van der Waals surface area contributed by atoms with Crippen molar-refractivity contribution >= 4 is 66.7 Å². The molecule has 0 aliphatic heterocycles. The Morgan fingerprint density at radius 2 is 0.696 bits per heavy atom. The van der Waals surface area contributed by atoms with Gasteiger partial charge in [0, 0.05) is 48.8 Å². The number of nitrogens with zero attached hydrogens (tertiary/aromatic N) is 2. The highest BCUT2D eigenvalue weighted by atomic mass is 31.2. The van der Waals surface area contributed by atoms with Crippen LogP contribution in [-0.2, 0) is 4.57 Å². The van der Waals surface area contributed by atoms with E-state index < -0.39 is 7.14 Å². The summed E-state index contributed by atoms with van der Waals surface area (Å²) < 4.78 is 20.6. The molecule has 2 heterocycles. The summed E-state index contributed by atoms with van der Waals surface area (Å²) in [5.74, 6) is 0. The monoisotopic (exact) mass is 608 g/mol. The highest BCUT2D eigenvalue weighted by Gasteiger charge is 2.31. The van der Waals surface area contributed by atoms with Gasteiger partial charge in [-0.25, -0.2) is 0 Å². The van der Waals surface area contributed by atoms with Gasteiger partial charge in [0.1, 0.15) is 0 Å². The molecule has 0 fully saturated rings. The summed E-state index contributed by atoms with van der Waals surface area (Å²) >= 11 is 0. The second kappa shape index (κ2) is 10.5. The largest absolute Gasteiger partial charge is 0.309 e. The molecule has 0 unspecified atom stereocenters. The molecule has 218 valence electrons. The van der Waals surface area contributed by atoms with Crippen LogP contribution in [0.25, 0.3) is 55.0 Å². The number of rotatable bonds is 5. The number of aromatic nitrogens is 2. The first-order valence-corrected chi connectivity index (χ1v) is 17.3. The number of hydrogen-bond acceptors (Lipinski definition) is 1. The van der Waals surface area contributed by atoms with Crippen molar-refractivity contribution in [2.75, 3.05) is 0 Å². The van der Waals surface area contributed by atoms with Crippen molar-refractivity contribution in [3.63, 3.8) is 0 Å². The van der Waals surface area contributed by atoms with Crippen LogP contribution in [0, 0.1) is 0 Å². The minimum Gasteiger partial charge on any atom is -0.309 e. The quantitative estimate of drug-likeness (QED) is 0.179. The van der Waals surface area contributed by atoms with E-state index in [1.807, 2.05) is 42.5 Å². The molecular weight excluding hydrogens is 579 g/mol. The molecule has 0 saturated carbocycles. The Balaban J connectivity index is 1.35. The van der Waals surface area contributed by atoms with Gasteiger partial charge in [-0.2, -0.15) is 0 Å². The molecule has 9 rings (SSSR count). The first kappa shape index (κ1) is 26.7. The van der Waals surface area contributed by atoms with Crippen LogP contribution in [0.15, 0.2) is 176 Å². The summed E-state index contributed by atoms with van der Waals surface area (Å²) in [6.45, 7) is 0. The van der Waals surface area contributed by atoms with Crippen molar-refractivity contribution in [2.45, 2.75) is 0 Å². The normalized spacial score (nSPS) is 12.0. The lowest BCUT2D eigenvalue weighted by Gasteiger charge is -2.21. The third kappa shape index (κ3) is 3.96. The summed E-state index contributed by atoms with van der Waals surface area (Å²) in [7, 11) is -3.32. The van der Waals surface area contributed by atoms with Crippen LogP contribution in [0.2, 0.25) is 0 Å². The van der Waals surface area contributed by atoms with Crippen molar-refractivity contribution in [3.8, 4) is 11.4 Å². The average molecular weight is 609 g/mol. The molecule has 2 aromatic heterocycles. The molecule has 3 nitrogen and oxygen atoms in total. The van der Waals surface area contributed by atoms with E-state index in [2.05, 4.69) is 143 Å². The number of para-hydroxylation sites is 4. The molecule has 0 spiro atoms. The third-order valence-electron chi connectivity index (χ3n) is 9.19. The fraction of sp³-hybridized carbons (Fsp3) is 0. The van der Waals surface area contributed by atoms with Crippen LogP contribution in [-0.4, -0.2) is 9.13 Å². The van der Waals surface area contributed by atoms with E-state index in [1.165, 1.54) is 10.8 Å². The molecule has 0 amide bonds. The Kier molecular flexibility index (Phi) is 6.09. The van der Waals surface area contributed by atoms with E-state index in [4.69, 9.17) is 0 Å². The van der Waals surface area contributed by atoms with Gasteiger partial charge in [0.15, 0.2) is 7.14 Å². The van der Waals surface area contributed by atoms with Crippen LogP contribution in [0.3, 0.4) is 0 Å². The minimum atomic E-state index is -3.32. The van der Waals surface area contributed by atoms with Crippen molar-refractivity contribution in [1.82, 2.24) is 9.13 Å². The van der Waals surface area contributed by atoms with Gasteiger partial charge in [0.2, 0.25) is 0 Å². The lowest BCUT2D eigenvalue weighted by molar-refractivity contribution is 0.592. The molecule has 0 radical (unpaired) electrons. The number of benzene rings is 7. The Hall–Kier alpha value is -5.63. The Morgan fingerprint density at radius 3 is 1.15 bits per heavy atom. The molecule has 0 atom stereocenters. The predicted octanol–water partition coefficient (Wildman–Crippen LogP) is 9.52. The predicted molar refractivity (Wildman–Crippen MR) is 195 cm³/mol. The zero-order valence-electron chi connectivity index (χ0n) is 25.0. The first-order chi connectivity index (χ1) is 22.7. The fourth-order valence-corrected chi connectivity index (χ4v) is 9.77. The number of hydrogen-bond donors (Lipinski definition) is 0. The van der Waals surface area contributed by atoms with Gasteiger partial charge in [0.25, 0.3) is 0 Å². The van der Waals surface area contributed by atoms with Crippen LogP contribution >= 0.6 is 7.14 Å². The zero-order chi connectivity index (χ0) is 30.7. The van der Waals surface area contributed by atoms with Crippen molar-refractivity contribution in [1.29, 1.82) is 0 Å². The summed E-state index contributed by atoms with van der Waals surface area (Å²) in [5.41, 5.74) is 6.50. The van der Waals surface area contributed by atoms with E-state index in [-0.39, 0.29) is 0 Å². The Morgan fingerprint density at radius 1 is 0.326 bits per heavy atom. The van der Waals surface area contributed by atoms with Crippen LogP contribution in [0.5, 0.6) is 0 Å². The van der Waals surface area contributed by atoms with Gasteiger partial charge in [0.05, 0.1) is 22.1 Å². The van der Waals surface area contributed by atoms with E-state index in [1.54, 1.807) is 0 Å². The molecule has 0 saturated heterocycles. The van der Waals surface area contributed by atoms with E-state index in [0.717, 1.165) is 60.1 Å². The van der Waals surface area contributed by atoms with Gasteiger partial charge in [-0.3, -0.25) is 0 Å². The maximum absolute atomic E-state index is 16.0. The first-order valence-electron chi connectivity index (χ1n) is 15.6. The third-order valence-corrected chi connectivity index (χ3v) is 12.2. The van der Waals surface area contributed by atoms with Crippen LogP contribution < -0.4 is 15.9 Å². The average Bonchev–Trinajstić information content (AvgIpc) is 3.64. The molecule has 0 aliphatic rings. The topological polar surface area (TPSA) is 26.9 Å². The Bertz CT molecular complexity index is 2440. The van der Waals surface area contributed by atoms with Gasteiger partial charge in [-0.05, 0) is 48.5 Å². The molecule has 0 aliphatic carbocycles. The van der Waals surface area contributed by atoms with E-state index >= 15 is 4.57 Å². The second-order valence-electron chi connectivity index (χ2n) is 11.7. The highest BCUT2D eigenvalue weighted by Crippen LogP contribution is 2.45. The summed E-state index contributed by atoms with van der Waals surface area (Å²) in [4.78, 5) is 0. The molecule has 0 N–H and O–H groups in total. The maximum atomic E-state index is 16.0. The summed E-state index contributed by atoms with van der Waals surface area (Å²) in [6, 6.07) is 60.6. The minimum absolute atomic E-state index is 0.813. The van der Waals surface area contributed by atoms with Gasteiger partial charge < -0.3 is 13.7 Å². The maximum Gasteiger partial charge on any atom is 0.171 e. The number of fused-ring (bicyclic) bond motifs is 6. The molecule has 9 aromatic rings. The molecule has 7 aromatic carbocycles. The lowest BCUT2D eigenvalue weighted by atomic mass is 10.1. The SMILES string of the molecule is O=P(c1ccccc1)(c1ccc2c3ccccc3n(-c3ccccc3)c2c1)c1ccc2c3ccccc3n(-c3ccccc3)c2c1. The van der Waals surface area contributed by atoms with E-state index in [9.17, 15) is 0 Å². The summed E-state index contributed by atoms with van der Waals surface area (Å²) in [5, 5.41) is 7.08. The van der Waals surface area contributed by atoms with Gasteiger partial charge in [-0.15, -0.1) is 0 Å². The van der Waals surface area contributed by atoms with Crippen molar-refractivity contribution in [3.05, 3.63) is 176 Å². The van der Waals surface area contributed by atoms with Gasteiger partial charge >= 0.3 is 0 Å². The molecule has 0 bridgehead atoms. The zero-order valence-corrected chi connectivity index (χ0v) is 25.9. The molecule has 4 heteroatoms. The van der Waals surface area contributed by atoms with Crippen LogP contribution in [0.1, 0.15) is 0 Å². The Labute approximate surface area is 267 Å². The molecule has 46 heavy (non-hydrogen) atoms. The van der Waals surface area contributed by atoms with E-state index in [0.29, 0.717) is 0 Å².